The third-order valence-electron chi connectivity index (χ3n) is 4.87. The van der Waals surface area contributed by atoms with Crippen molar-refractivity contribution in [1.29, 1.82) is 0 Å². The Bertz CT molecular complexity index is 1210. The van der Waals surface area contributed by atoms with Crippen LogP contribution in [0.1, 0.15) is 22.9 Å². The van der Waals surface area contributed by atoms with Crippen LogP contribution in [0.4, 0.5) is 0 Å². The van der Waals surface area contributed by atoms with Crippen LogP contribution < -0.4 is 0 Å². The highest BCUT2D eigenvalue weighted by Gasteiger charge is 2.23. The standard InChI is InChI=1S/C24H16ClNO/c25-20-13-11-17(12-14-20)23(24-26-21-7-3-4-8-22(21)27-24)19-10-9-16-5-1-2-6-18(16)15-19/h1-15,23H. The molecule has 0 saturated heterocycles. The van der Waals surface area contributed by atoms with E-state index >= 15 is 0 Å². The van der Waals surface area contributed by atoms with Crippen LogP contribution >= 0.6 is 11.6 Å². The maximum atomic E-state index is 6.14. The van der Waals surface area contributed by atoms with Gasteiger partial charge in [-0.25, -0.2) is 4.98 Å². The second-order valence-electron chi connectivity index (χ2n) is 6.61. The molecule has 1 unspecified atom stereocenters. The molecule has 0 fully saturated rings. The van der Waals surface area contributed by atoms with Crippen LogP contribution in [0.15, 0.2) is 95.4 Å². The Morgan fingerprint density at radius 1 is 0.704 bits per heavy atom. The summed E-state index contributed by atoms with van der Waals surface area (Å²) in [7, 11) is 0. The lowest BCUT2D eigenvalue weighted by molar-refractivity contribution is 0.522. The SMILES string of the molecule is Clc1ccc(C(c2ccc3ccccc3c2)c2nc3ccccc3o2)cc1. The minimum Gasteiger partial charge on any atom is -0.440 e. The first-order valence-electron chi connectivity index (χ1n) is 8.87. The number of nitrogens with zero attached hydrogens (tertiary/aromatic N) is 1. The quantitative estimate of drug-likeness (QED) is 0.349. The first-order valence-corrected chi connectivity index (χ1v) is 9.25. The van der Waals surface area contributed by atoms with Gasteiger partial charge in [0, 0.05) is 5.02 Å². The van der Waals surface area contributed by atoms with Crippen LogP contribution in [0.25, 0.3) is 21.9 Å². The van der Waals surface area contributed by atoms with Gasteiger partial charge in [-0.2, -0.15) is 0 Å². The van der Waals surface area contributed by atoms with Crippen LogP contribution in [0, 0.1) is 0 Å². The lowest BCUT2D eigenvalue weighted by atomic mass is 9.90. The molecule has 3 heteroatoms. The molecule has 0 saturated carbocycles. The number of rotatable bonds is 3. The molecule has 4 aromatic carbocycles. The molecule has 1 atom stereocenters. The maximum Gasteiger partial charge on any atom is 0.207 e. The van der Waals surface area contributed by atoms with Crippen molar-refractivity contribution >= 4 is 33.5 Å². The van der Waals surface area contributed by atoms with Crippen molar-refractivity contribution in [3.05, 3.63) is 113 Å². The third-order valence-corrected chi connectivity index (χ3v) is 5.12. The van der Waals surface area contributed by atoms with E-state index in [0.29, 0.717) is 10.9 Å². The number of aromatic nitrogens is 1. The molecule has 2 nitrogen and oxygen atoms in total. The van der Waals surface area contributed by atoms with Crippen molar-refractivity contribution in [1.82, 2.24) is 4.98 Å². The highest BCUT2D eigenvalue weighted by Crippen LogP contribution is 2.35. The number of oxazole rings is 1. The molecule has 130 valence electrons. The molecular formula is C24H16ClNO. The second-order valence-corrected chi connectivity index (χ2v) is 7.05. The number of halogens is 1. The Balaban J connectivity index is 1.72. The summed E-state index contributed by atoms with van der Waals surface area (Å²) in [6.45, 7) is 0. The number of benzene rings is 4. The van der Waals surface area contributed by atoms with E-state index in [-0.39, 0.29) is 5.92 Å². The Morgan fingerprint density at radius 2 is 1.41 bits per heavy atom. The normalized spacial score (nSPS) is 12.5. The number of hydrogen-bond acceptors (Lipinski definition) is 2. The molecule has 0 spiro atoms. The van der Waals surface area contributed by atoms with E-state index in [1.165, 1.54) is 10.8 Å². The van der Waals surface area contributed by atoms with Gasteiger partial charge in [0.15, 0.2) is 5.58 Å². The van der Waals surface area contributed by atoms with Gasteiger partial charge in [-0.3, -0.25) is 0 Å². The van der Waals surface area contributed by atoms with Crippen LogP contribution in [0.3, 0.4) is 0 Å². The molecule has 0 radical (unpaired) electrons. The smallest absolute Gasteiger partial charge is 0.207 e. The highest BCUT2D eigenvalue weighted by atomic mass is 35.5. The summed E-state index contributed by atoms with van der Waals surface area (Å²) in [4.78, 5) is 4.77. The average Bonchev–Trinajstić information content (AvgIpc) is 3.13. The molecule has 27 heavy (non-hydrogen) atoms. The molecule has 0 N–H and O–H groups in total. The highest BCUT2D eigenvalue weighted by molar-refractivity contribution is 6.30. The van der Waals surface area contributed by atoms with Gasteiger partial charge >= 0.3 is 0 Å². The Hall–Kier alpha value is -3.10. The zero-order valence-electron chi connectivity index (χ0n) is 14.5. The summed E-state index contributed by atoms with van der Waals surface area (Å²) in [6, 6.07) is 30.6. The summed E-state index contributed by atoms with van der Waals surface area (Å²) in [5.41, 5.74) is 3.91. The zero-order valence-corrected chi connectivity index (χ0v) is 15.2. The van der Waals surface area contributed by atoms with E-state index in [0.717, 1.165) is 22.2 Å². The fourth-order valence-electron chi connectivity index (χ4n) is 3.53. The largest absolute Gasteiger partial charge is 0.440 e. The van der Waals surface area contributed by atoms with Crippen LogP contribution in [0.5, 0.6) is 0 Å². The number of fused-ring (bicyclic) bond motifs is 2. The predicted octanol–water partition coefficient (Wildman–Crippen LogP) is 6.81. The fourth-order valence-corrected chi connectivity index (χ4v) is 3.66. The van der Waals surface area contributed by atoms with Crippen LogP contribution in [0.2, 0.25) is 5.02 Å². The van der Waals surface area contributed by atoms with Crippen molar-refractivity contribution in [2.75, 3.05) is 0 Å². The van der Waals surface area contributed by atoms with Gasteiger partial charge in [-0.15, -0.1) is 0 Å². The molecule has 1 heterocycles. The first-order chi connectivity index (χ1) is 13.3. The van der Waals surface area contributed by atoms with E-state index in [2.05, 4.69) is 42.5 Å². The Labute approximate surface area is 162 Å². The molecule has 5 aromatic rings. The third kappa shape index (κ3) is 2.98. The minimum absolute atomic E-state index is 0.0979. The van der Waals surface area contributed by atoms with Crippen molar-refractivity contribution in [3.63, 3.8) is 0 Å². The summed E-state index contributed by atoms with van der Waals surface area (Å²) >= 11 is 6.11. The molecule has 0 aliphatic rings. The Kier molecular flexibility index (Phi) is 3.92. The fraction of sp³-hybridized carbons (Fsp3) is 0.0417. The molecule has 5 rings (SSSR count). The van der Waals surface area contributed by atoms with Gasteiger partial charge in [0.05, 0.1) is 5.92 Å². The number of para-hydroxylation sites is 2. The van der Waals surface area contributed by atoms with Gasteiger partial charge < -0.3 is 4.42 Å². The molecule has 0 aliphatic carbocycles. The summed E-state index contributed by atoms with van der Waals surface area (Å²) in [6.07, 6.45) is 0. The predicted molar refractivity (Wildman–Crippen MR) is 110 cm³/mol. The topological polar surface area (TPSA) is 26.0 Å². The summed E-state index contributed by atoms with van der Waals surface area (Å²) in [5, 5.41) is 3.13. The van der Waals surface area contributed by atoms with Crippen molar-refractivity contribution in [2.45, 2.75) is 5.92 Å². The molecular weight excluding hydrogens is 354 g/mol. The van der Waals surface area contributed by atoms with Crippen LogP contribution in [-0.4, -0.2) is 4.98 Å². The van der Waals surface area contributed by atoms with Gasteiger partial charge in [0.25, 0.3) is 0 Å². The van der Waals surface area contributed by atoms with E-state index < -0.39 is 0 Å². The Morgan fingerprint density at radius 3 is 2.22 bits per heavy atom. The maximum absolute atomic E-state index is 6.14. The lowest BCUT2D eigenvalue weighted by Crippen LogP contribution is -2.03. The summed E-state index contributed by atoms with van der Waals surface area (Å²) < 4.78 is 6.14. The van der Waals surface area contributed by atoms with Gasteiger partial charge in [-0.1, -0.05) is 78.3 Å². The monoisotopic (exact) mass is 369 g/mol. The van der Waals surface area contributed by atoms with E-state index in [9.17, 15) is 0 Å². The molecule has 1 aromatic heterocycles. The zero-order chi connectivity index (χ0) is 18.2. The van der Waals surface area contributed by atoms with Gasteiger partial charge in [0.1, 0.15) is 5.52 Å². The second kappa shape index (κ2) is 6.57. The summed E-state index contributed by atoms with van der Waals surface area (Å²) in [5.74, 6) is 0.591. The molecule has 0 amide bonds. The van der Waals surface area contributed by atoms with Crippen LogP contribution in [-0.2, 0) is 0 Å². The number of hydrogen-bond donors (Lipinski definition) is 0. The van der Waals surface area contributed by atoms with Crippen molar-refractivity contribution in [2.24, 2.45) is 0 Å². The van der Waals surface area contributed by atoms with E-state index in [1.54, 1.807) is 0 Å². The van der Waals surface area contributed by atoms with Gasteiger partial charge in [-0.05, 0) is 46.2 Å². The van der Waals surface area contributed by atoms with Crippen molar-refractivity contribution in [3.8, 4) is 0 Å². The molecule has 0 bridgehead atoms. The lowest BCUT2D eigenvalue weighted by Gasteiger charge is -2.15. The van der Waals surface area contributed by atoms with Crippen molar-refractivity contribution < 1.29 is 4.42 Å². The molecule has 0 aliphatic heterocycles. The minimum atomic E-state index is -0.0979. The van der Waals surface area contributed by atoms with Gasteiger partial charge in [0.2, 0.25) is 5.89 Å². The van der Waals surface area contributed by atoms with E-state index in [4.69, 9.17) is 21.0 Å². The first kappa shape index (κ1) is 16.1. The van der Waals surface area contributed by atoms with E-state index in [1.807, 2.05) is 48.5 Å². The average molecular weight is 370 g/mol.